The van der Waals surface area contributed by atoms with Gasteiger partial charge in [-0.05, 0) is 18.2 Å². The number of rotatable bonds is 4. The molecule has 0 aliphatic carbocycles. The second-order valence-electron chi connectivity index (χ2n) is 6.25. The van der Waals surface area contributed by atoms with Gasteiger partial charge in [0.2, 0.25) is 5.76 Å². The Morgan fingerprint density at radius 2 is 2.07 bits per heavy atom. The van der Waals surface area contributed by atoms with Gasteiger partial charge in [-0.25, -0.2) is 0 Å². The molecule has 0 spiro atoms. The minimum Gasteiger partial charge on any atom is -0.496 e. The molecular weight excluding hydrogens is 344 g/mol. The van der Waals surface area contributed by atoms with Crippen molar-refractivity contribution in [3.8, 4) is 17.1 Å². The van der Waals surface area contributed by atoms with E-state index < -0.39 is 0 Å². The monoisotopic (exact) mass is 364 g/mol. The molecular formula is C20H20N4O3. The maximum absolute atomic E-state index is 13.1. The average Bonchev–Trinajstić information content (AvgIpc) is 3.24. The minimum absolute atomic E-state index is 0.147. The number of para-hydroxylation sites is 1. The molecule has 0 bridgehead atoms. The van der Waals surface area contributed by atoms with Crippen molar-refractivity contribution < 1.29 is 14.1 Å². The summed E-state index contributed by atoms with van der Waals surface area (Å²) >= 11 is 0. The number of hydrogen-bond donors (Lipinski definition) is 1. The molecule has 0 radical (unpaired) electrons. The molecule has 1 unspecified atom stereocenters. The molecule has 7 nitrogen and oxygen atoms in total. The highest BCUT2D eigenvalue weighted by Crippen LogP contribution is 2.31. The van der Waals surface area contributed by atoms with E-state index >= 15 is 0 Å². The van der Waals surface area contributed by atoms with Gasteiger partial charge in [-0.1, -0.05) is 29.4 Å². The molecule has 4 rings (SSSR count). The third kappa shape index (κ3) is 3.41. The highest BCUT2D eigenvalue weighted by atomic mass is 16.5. The molecule has 1 atom stereocenters. The molecule has 1 amide bonds. The fraction of sp³-hybridized carbons (Fsp3) is 0.250. The number of amides is 1. The molecule has 7 heteroatoms. The van der Waals surface area contributed by atoms with E-state index in [-0.39, 0.29) is 17.7 Å². The molecule has 1 saturated heterocycles. The van der Waals surface area contributed by atoms with Gasteiger partial charge in [-0.2, -0.15) is 0 Å². The Balaban J connectivity index is 1.63. The van der Waals surface area contributed by atoms with Gasteiger partial charge in [0.05, 0.1) is 18.8 Å². The maximum Gasteiger partial charge on any atom is 0.293 e. The lowest BCUT2D eigenvalue weighted by atomic mass is 10.0. The quantitative estimate of drug-likeness (QED) is 0.766. The van der Waals surface area contributed by atoms with Crippen molar-refractivity contribution in [1.82, 2.24) is 20.4 Å². The van der Waals surface area contributed by atoms with Gasteiger partial charge in [0.15, 0.2) is 0 Å². The molecule has 1 N–H and O–H groups in total. The van der Waals surface area contributed by atoms with Gasteiger partial charge in [0.1, 0.15) is 11.4 Å². The third-order valence-electron chi connectivity index (χ3n) is 4.65. The number of methoxy groups -OCH3 is 1. The van der Waals surface area contributed by atoms with Crippen molar-refractivity contribution >= 4 is 5.91 Å². The van der Waals surface area contributed by atoms with Crippen molar-refractivity contribution in [2.75, 3.05) is 26.7 Å². The Labute approximate surface area is 156 Å². The number of carbonyl (C=O) groups excluding carboxylic acids is 1. The Bertz CT molecular complexity index is 926. The first kappa shape index (κ1) is 17.2. The fourth-order valence-electron chi connectivity index (χ4n) is 3.32. The molecule has 1 aliphatic rings. The van der Waals surface area contributed by atoms with Crippen LogP contribution in [0.25, 0.3) is 11.4 Å². The number of carbonyl (C=O) groups is 1. The Kier molecular flexibility index (Phi) is 4.84. The van der Waals surface area contributed by atoms with Gasteiger partial charge >= 0.3 is 0 Å². The minimum atomic E-state index is -0.193. The smallest absolute Gasteiger partial charge is 0.293 e. The summed E-state index contributed by atoms with van der Waals surface area (Å²) in [5.41, 5.74) is 2.18. The predicted molar refractivity (Wildman–Crippen MR) is 99.4 cm³/mol. The summed E-state index contributed by atoms with van der Waals surface area (Å²) in [4.78, 5) is 19.2. The average molecular weight is 364 g/mol. The summed E-state index contributed by atoms with van der Waals surface area (Å²) in [5, 5.41) is 7.35. The topological polar surface area (TPSA) is 80.5 Å². The summed E-state index contributed by atoms with van der Waals surface area (Å²) in [5.74, 6) is 0.773. The lowest BCUT2D eigenvalue weighted by Gasteiger charge is -2.36. The second-order valence-corrected chi connectivity index (χ2v) is 6.25. The summed E-state index contributed by atoms with van der Waals surface area (Å²) in [6, 6.07) is 14.8. The van der Waals surface area contributed by atoms with Crippen molar-refractivity contribution in [1.29, 1.82) is 0 Å². The lowest BCUT2D eigenvalue weighted by molar-refractivity contribution is 0.0589. The lowest BCUT2D eigenvalue weighted by Crippen LogP contribution is -2.48. The van der Waals surface area contributed by atoms with Crippen LogP contribution in [0.4, 0.5) is 0 Å². The van der Waals surface area contributed by atoms with Crippen LogP contribution in [0.1, 0.15) is 22.2 Å². The van der Waals surface area contributed by atoms with Gasteiger partial charge in [0, 0.05) is 37.5 Å². The summed E-state index contributed by atoms with van der Waals surface area (Å²) < 4.78 is 10.8. The molecule has 0 saturated carbocycles. The van der Waals surface area contributed by atoms with Gasteiger partial charge in [-0.3, -0.25) is 9.78 Å². The Hall–Kier alpha value is -3.19. The SMILES string of the molecule is COc1ccccc1C1CNCCN1C(=O)c1cc(-c2ccccn2)no1. The van der Waals surface area contributed by atoms with Crippen molar-refractivity contribution in [3.63, 3.8) is 0 Å². The number of pyridine rings is 1. The van der Waals surface area contributed by atoms with Crippen LogP contribution in [0.15, 0.2) is 59.3 Å². The van der Waals surface area contributed by atoms with Crippen LogP contribution in [0.3, 0.4) is 0 Å². The number of piperazine rings is 1. The standard InChI is InChI=1S/C20H20N4O3/c1-26-18-8-3-2-6-14(18)17-13-21-10-11-24(17)20(25)19-12-16(23-27-19)15-7-4-5-9-22-15/h2-9,12,17,21H,10-11,13H2,1H3. The van der Waals surface area contributed by atoms with Gasteiger partial charge < -0.3 is 19.5 Å². The van der Waals surface area contributed by atoms with E-state index in [0.717, 1.165) is 17.9 Å². The van der Waals surface area contributed by atoms with Crippen LogP contribution >= 0.6 is 0 Å². The molecule has 27 heavy (non-hydrogen) atoms. The molecule has 2 aromatic heterocycles. The van der Waals surface area contributed by atoms with Gasteiger partial charge in [-0.15, -0.1) is 0 Å². The molecule has 138 valence electrons. The van der Waals surface area contributed by atoms with Gasteiger partial charge in [0.25, 0.3) is 5.91 Å². The first-order chi connectivity index (χ1) is 13.3. The zero-order chi connectivity index (χ0) is 18.6. The van der Waals surface area contributed by atoms with E-state index in [0.29, 0.717) is 24.5 Å². The zero-order valence-corrected chi connectivity index (χ0v) is 15.0. The van der Waals surface area contributed by atoms with Crippen LogP contribution in [0.2, 0.25) is 0 Å². The van der Waals surface area contributed by atoms with E-state index in [2.05, 4.69) is 15.5 Å². The second kappa shape index (κ2) is 7.59. The molecule has 3 aromatic rings. The third-order valence-corrected chi connectivity index (χ3v) is 4.65. The number of aromatic nitrogens is 2. The number of benzene rings is 1. The normalized spacial score (nSPS) is 16.9. The van der Waals surface area contributed by atoms with Crippen LogP contribution in [-0.2, 0) is 0 Å². The molecule has 3 heterocycles. The molecule has 1 fully saturated rings. The molecule has 1 aliphatic heterocycles. The highest BCUT2D eigenvalue weighted by molar-refractivity contribution is 5.92. The first-order valence-electron chi connectivity index (χ1n) is 8.80. The number of hydrogen-bond acceptors (Lipinski definition) is 6. The van der Waals surface area contributed by atoms with Crippen LogP contribution in [-0.4, -0.2) is 47.7 Å². The van der Waals surface area contributed by atoms with E-state index in [9.17, 15) is 4.79 Å². The van der Waals surface area contributed by atoms with E-state index in [1.54, 1.807) is 24.3 Å². The van der Waals surface area contributed by atoms with Crippen molar-refractivity contribution in [2.24, 2.45) is 0 Å². The predicted octanol–water partition coefficient (Wildman–Crippen LogP) is 2.53. The van der Waals surface area contributed by atoms with Crippen LogP contribution in [0, 0.1) is 0 Å². The summed E-state index contributed by atoms with van der Waals surface area (Å²) in [7, 11) is 1.64. The zero-order valence-electron chi connectivity index (χ0n) is 15.0. The molecule has 1 aromatic carbocycles. The number of nitrogens with one attached hydrogen (secondary N) is 1. The van der Waals surface area contributed by atoms with E-state index in [1.165, 1.54) is 0 Å². The first-order valence-corrected chi connectivity index (χ1v) is 8.80. The summed E-state index contributed by atoms with van der Waals surface area (Å²) in [6.07, 6.45) is 1.68. The fourth-order valence-corrected chi connectivity index (χ4v) is 3.32. The Morgan fingerprint density at radius 1 is 1.22 bits per heavy atom. The Morgan fingerprint density at radius 3 is 2.89 bits per heavy atom. The van der Waals surface area contributed by atoms with Crippen LogP contribution < -0.4 is 10.1 Å². The summed E-state index contributed by atoms with van der Waals surface area (Å²) in [6.45, 7) is 1.94. The largest absolute Gasteiger partial charge is 0.496 e. The number of ether oxygens (including phenoxy) is 1. The van der Waals surface area contributed by atoms with E-state index in [1.807, 2.05) is 42.5 Å². The maximum atomic E-state index is 13.1. The van der Waals surface area contributed by atoms with E-state index in [4.69, 9.17) is 9.26 Å². The van der Waals surface area contributed by atoms with Crippen molar-refractivity contribution in [2.45, 2.75) is 6.04 Å². The highest BCUT2D eigenvalue weighted by Gasteiger charge is 2.32. The van der Waals surface area contributed by atoms with Crippen LogP contribution in [0.5, 0.6) is 5.75 Å². The number of nitrogens with zero attached hydrogens (tertiary/aromatic N) is 3. The van der Waals surface area contributed by atoms with Crippen molar-refractivity contribution in [3.05, 3.63) is 66.1 Å².